The first-order valence-electron chi connectivity index (χ1n) is 8.13. The maximum absolute atomic E-state index is 10.1. The molecule has 124 valence electrons. The number of aliphatic hydroxyl groups is 1. The summed E-state index contributed by atoms with van der Waals surface area (Å²) in [5, 5.41) is 10.8. The molecule has 1 aliphatic rings. The molecule has 1 saturated heterocycles. The third-order valence-electron chi connectivity index (χ3n) is 4.00. The quantitative estimate of drug-likeness (QED) is 0.795. The van der Waals surface area contributed by atoms with Gasteiger partial charge in [-0.05, 0) is 24.6 Å². The van der Waals surface area contributed by atoms with E-state index in [2.05, 4.69) is 16.7 Å². The number of piperazine rings is 1. The Morgan fingerprint density at radius 1 is 1.18 bits per heavy atom. The largest absolute Gasteiger partial charge is 0.389 e. The Morgan fingerprint density at radius 2 is 1.86 bits per heavy atom. The lowest BCUT2D eigenvalue weighted by atomic mass is 10.2. The van der Waals surface area contributed by atoms with Gasteiger partial charge in [0.25, 0.3) is 0 Å². The summed E-state index contributed by atoms with van der Waals surface area (Å²) < 4.78 is 5.59. The smallest absolute Gasteiger partial charge is 0.0900 e. The minimum Gasteiger partial charge on any atom is -0.389 e. The average Bonchev–Trinajstić information content (AvgIpc) is 2.51. The predicted molar refractivity (Wildman–Crippen MR) is 90.3 cm³/mol. The van der Waals surface area contributed by atoms with Crippen LogP contribution in [0.25, 0.3) is 0 Å². The predicted octanol–water partition coefficient (Wildman–Crippen LogP) is 2.25. The van der Waals surface area contributed by atoms with E-state index in [4.69, 9.17) is 16.3 Å². The van der Waals surface area contributed by atoms with Crippen LogP contribution in [0.4, 0.5) is 0 Å². The molecule has 0 unspecified atom stereocenters. The van der Waals surface area contributed by atoms with Crippen molar-refractivity contribution in [3.8, 4) is 0 Å². The van der Waals surface area contributed by atoms with Crippen LogP contribution in [0.5, 0.6) is 0 Å². The summed E-state index contributed by atoms with van der Waals surface area (Å²) in [6.45, 7) is 9.12. The van der Waals surface area contributed by atoms with Crippen LogP contribution in [-0.4, -0.2) is 66.9 Å². The highest BCUT2D eigenvalue weighted by Gasteiger charge is 2.18. The molecular formula is C17H27ClN2O2. The Morgan fingerprint density at radius 3 is 2.55 bits per heavy atom. The van der Waals surface area contributed by atoms with Crippen molar-refractivity contribution in [3.63, 3.8) is 0 Å². The number of hydrogen-bond acceptors (Lipinski definition) is 4. The summed E-state index contributed by atoms with van der Waals surface area (Å²) in [6, 6.07) is 7.64. The summed E-state index contributed by atoms with van der Waals surface area (Å²) in [5.74, 6) is 0. The van der Waals surface area contributed by atoms with Crippen LogP contribution in [0.2, 0.25) is 5.02 Å². The monoisotopic (exact) mass is 326 g/mol. The van der Waals surface area contributed by atoms with Gasteiger partial charge in [0.2, 0.25) is 0 Å². The van der Waals surface area contributed by atoms with E-state index < -0.39 is 6.10 Å². The lowest BCUT2D eigenvalue weighted by Gasteiger charge is -2.35. The van der Waals surface area contributed by atoms with Crippen molar-refractivity contribution in [3.05, 3.63) is 34.9 Å². The number of halogens is 1. The van der Waals surface area contributed by atoms with Crippen molar-refractivity contribution in [1.29, 1.82) is 0 Å². The van der Waals surface area contributed by atoms with Crippen molar-refractivity contribution >= 4 is 11.6 Å². The fourth-order valence-corrected chi connectivity index (χ4v) is 2.97. The van der Waals surface area contributed by atoms with Gasteiger partial charge in [-0.3, -0.25) is 4.90 Å². The van der Waals surface area contributed by atoms with Gasteiger partial charge < -0.3 is 14.7 Å². The SMILES string of the molecule is CCCN1CCN(C[C@@H](O)COCc2ccccc2Cl)CC1. The van der Waals surface area contributed by atoms with E-state index in [1.165, 1.54) is 13.0 Å². The zero-order chi connectivity index (χ0) is 15.8. The molecule has 1 atom stereocenters. The van der Waals surface area contributed by atoms with E-state index >= 15 is 0 Å². The first-order valence-corrected chi connectivity index (χ1v) is 8.50. The number of β-amino-alcohol motifs (C(OH)–C–C–N with tert-alkyl or cyclic N) is 1. The number of ether oxygens (including phenoxy) is 1. The highest BCUT2D eigenvalue weighted by molar-refractivity contribution is 6.31. The number of benzene rings is 1. The number of nitrogens with zero attached hydrogens (tertiary/aromatic N) is 2. The summed E-state index contributed by atoms with van der Waals surface area (Å²) in [6.07, 6.45) is 0.763. The van der Waals surface area contributed by atoms with Crippen LogP contribution < -0.4 is 0 Å². The molecule has 0 amide bonds. The molecule has 1 fully saturated rings. The van der Waals surface area contributed by atoms with Crippen LogP contribution in [0.1, 0.15) is 18.9 Å². The second-order valence-corrected chi connectivity index (χ2v) is 6.31. The topological polar surface area (TPSA) is 35.9 Å². The summed E-state index contributed by atoms with van der Waals surface area (Å²) in [7, 11) is 0. The number of rotatable bonds is 8. The lowest BCUT2D eigenvalue weighted by Crippen LogP contribution is -2.49. The third-order valence-corrected chi connectivity index (χ3v) is 4.37. The van der Waals surface area contributed by atoms with Gasteiger partial charge in [-0.1, -0.05) is 36.7 Å². The standard InChI is InChI=1S/C17H27ClN2O2/c1-2-7-19-8-10-20(11-9-19)12-16(21)14-22-13-15-5-3-4-6-17(15)18/h3-6,16,21H,2,7-14H2,1H3/t16-/m1/s1. The Balaban J connectivity index is 1.62. The zero-order valence-electron chi connectivity index (χ0n) is 13.4. The highest BCUT2D eigenvalue weighted by atomic mass is 35.5. The second kappa shape index (κ2) is 9.48. The molecule has 2 rings (SSSR count). The Kier molecular flexibility index (Phi) is 7.63. The highest BCUT2D eigenvalue weighted by Crippen LogP contribution is 2.15. The maximum atomic E-state index is 10.1. The molecule has 5 heteroatoms. The molecule has 0 saturated carbocycles. The van der Waals surface area contributed by atoms with Crippen LogP contribution in [0, 0.1) is 0 Å². The van der Waals surface area contributed by atoms with Crippen molar-refractivity contribution in [2.75, 3.05) is 45.9 Å². The molecule has 1 aromatic rings. The molecule has 4 nitrogen and oxygen atoms in total. The molecule has 22 heavy (non-hydrogen) atoms. The molecule has 0 aromatic heterocycles. The third kappa shape index (κ3) is 5.86. The molecule has 0 radical (unpaired) electrons. The molecule has 0 bridgehead atoms. The molecular weight excluding hydrogens is 300 g/mol. The normalized spacial score (nSPS) is 18.5. The maximum Gasteiger partial charge on any atom is 0.0900 e. The van der Waals surface area contributed by atoms with Gasteiger partial charge in [0.1, 0.15) is 0 Å². The number of aliphatic hydroxyl groups excluding tert-OH is 1. The Hall–Kier alpha value is -0.650. The fraction of sp³-hybridized carbons (Fsp3) is 0.647. The average molecular weight is 327 g/mol. The zero-order valence-corrected chi connectivity index (χ0v) is 14.1. The first kappa shape index (κ1) is 17.7. The lowest BCUT2D eigenvalue weighted by molar-refractivity contribution is 0.00146. The summed E-state index contributed by atoms with van der Waals surface area (Å²) >= 11 is 6.08. The van der Waals surface area contributed by atoms with Crippen LogP contribution >= 0.6 is 11.6 Å². The van der Waals surface area contributed by atoms with Gasteiger partial charge in [0.05, 0.1) is 19.3 Å². The van der Waals surface area contributed by atoms with E-state index in [0.717, 1.165) is 31.7 Å². The number of hydrogen-bond donors (Lipinski definition) is 1. The van der Waals surface area contributed by atoms with Crippen molar-refractivity contribution in [1.82, 2.24) is 9.80 Å². The van der Waals surface area contributed by atoms with Crippen LogP contribution in [-0.2, 0) is 11.3 Å². The van der Waals surface area contributed by atoms with Gasteiger partial charge in [-0.15, -0.1) is 0 Å². The van der Waals surface area contributed by atoms with E-state index in [0.29, 0.717) is 24.8 Å². The van der Waals surface area contributed by atoms with Crippen molar-refractivity contribution in [2.45, 2.75) is 26.1 Å². The van der Waals surface area contributed by atoms with E-state index in [9.17, 15) is 5.11 Å². The molecule has 1 N–H and O–H groups in total. The first-order chi connectivity index (χ1) is 10.7. The van der Waals surface area contributed by atoms with Gasteiger partial charge in [-0.2, -0.15) is 0 Å². The van der Waals surface area contributed by atoms with Crippen molar-refractivity contribution in [2.24, 2.45) is 0 Å². The second-order valence-electron chi connectivity index (χ2n) is 5.90. The van der Waals surface area contributed by atoms with Crippen LogP contribution in [0.3, 0.4) is 0 Å². The van der Waals surface area contributed by atoms with Gasteiger partial charge >= 0.3 is 0 Å². The van der Waals surface area contributed by atoms with E-state index in [1.54, 1.807) is 0 Å². The molecule has 1 heterocycles. The van der Waals surface area contributed by atoms with Crippen LogP contribution in [0.15, 0.2) is 24.3 Å². The van der Waals surface area contributed by atoms with Crippen molar-refractivity contribution < 1.29 is 9.84 Å². The van der Waals surface area contributed by atoms with E-state index in [-0.39, 0.29) is 0 Å². The van der Waals surface area contributed by atoms with Gasteiger partial charge in [-0.25, -0.2) is 0 Å². The molecule has 0 aliphatic carbocycles. The fourth-order valence-electron chi connectivity index (χ4n) is 2.78. The van der Waals surface area contributed by atoms with E-state index in [1.807, 2.05) is 24.3 Å². The molecule has 1 aliphatic heterocycles. The Labute approximate surface area is 138 Å². The summed E-state index contributed by atoms with van der Waals surface area (Å²) in [5.41, 5.74) is 0.963. The minimum absolute atomic E-state index is 0.348. The van der Waals surface area contributed by atoms with Gasteiger partial charge in [0, 0.05) is 37.7 Å². The van der Waals surface area contributed by atoms with Gasteiger partial charge in [0.15, 0.2) is 0 Å². The molecule has 0 spiro atoms. The summed E-state index contributed by atoms with van der Waals surface area (Å²) in [4.78, 5) is 4.80. The minimum atomic E-state index is -0.444. The molecule has 1 aromatic carbocycles. The Bertz CT molecular complexity index is 436.